The summed E-state index contributed by atoms with van der Waals surface area (Å²) < 4.78 is 11.1. The Labute approximate surface area is 158 Å². The number of Topliss-reactive ketones (excluding diaryl/α,β-unsaturated/α-hetero) is 1. The van der Waals surface area contributed by atoms with Crippen LogP contribution in [0.2, 0.25) is 0 Å². The van der Waals surface area contributed by atoms with Crippen LogP contribution < -0.4 is 5.56 Å². The Morgan fingerprint density at radius 1 is 1.15 bits per heavy atom. The average molecular weight is 374 g/mol. The molecule has 4 rings (SSSR count). The van der Waals surface area contributed by atoms with Crippen LogP contribution >= 0.6 is 0 Å². The van der Waals surface area contributed by atoms with E-state index in [2.05, 4.69) is 4.98 Å². The van der Waals surface area contributed by atoms with Gasteiger partial charge in [-0.15, -0.1) is 0 Å². The smallest absolute Gasteiger partial charge is 0.261 e. The number of fused-ring (bicyclic) bond motifs is 1. The molecule has 7 heteroatoms. The number of hydrogen-bond donors (Lipinski definition) is 1. The van der Waals surface area contributed by atoms with Crippen LogP contribution in [0.4, 0.5) is 0 Å². The van der Waals surface area contributed by atoms with Gasteiger partial charge in [0.25, 0.3) is 11.5 Å². The Bertz CT molecular complexity index is 814. The van der Waals surface area contributed by atoms with Crippen molar-refractivity contribution in [3.63, 3.8) is 0 Å². The van der Waals surface area contributed by atoms with E-state index in [1.807, 2.05) is 13.8 Å². The summed E-state index contributed by atoms with van der Waals surface area (Å²) in [4.78, 5) is 42.4. The van der Waals surface area contributed by atoms with Crippen molar-refractivity contribution in [1.29, 1.82) is 0 Å². The van der Waals surface area contributed by atoms with Gasteiger partial charge in [0.05, 0.1) is 13.2 Å². The van der Waals surface area contributed by atoms with Crippen molar-refractivity contribution in [3.8, 4) is 0 Å². The lowest BCUT2D eigenvalue weighted by molar-refractivity contribution is -0.0956. The second-order valence-corrected chi connectivity index (χ2v) is 8.58. The molecular weight excluding hydrogens is 348 g/mol. The Morgan fingerprint density at radius 2 is 1.81 bits per heavy atom. The highest BCUT2D eigenvalue weighted by atomic mass is 16.7. The fourth-order valence-electron chi connectivity index (χ4n) is 4.38. The molecule has 0 aromatic carbocycles. The van der Waals surface area contributed by atoms with Crippen molar-refractivity contribution in [2.45, 2.75) is 45.8 Å². The van der Waals surface area contributed by atoms with Crippen molar-refractivity contribution in [2.75, 3.05) is 26.3 Å². The van der Waals surface area contributed by atoms with Crippen LogP contribution in [0.3, 0.4) is 0 Å². The number of likely N-dealkylation sites (tertiary alicyclic amines) is 1. The molecule has 1 aliphatic carbocycles. The van der Waals surface area contributed by atoms with E-state index in [9.17, 15) is 14.4 Å². The summed E-state index contributed by atoms with van der Waals surface area (Å²) in [5.74, 6) is -0.0358. The first-order valence-electron chi connectivity index (χ1n) is 9.66. The molecule has 0 bridgehead atoms. The molecule has 0 atom stereocenters. The molecule has 7 nitrogen and oxygen atoms in total. The standard InChI is InChI=1S/C20H26N2O5/c1-20(2)10-15-13(16(23)11-20)9-14(17(24)21-15)18(25)22-5-3-12(4-6-22)19-26-7-8-27-19/h9,12,19H,3-8,10-11H2,1-2H3,(H,21,24). The Kier molecular flexibility index (Phi) is 4.68. The van der Waals surface area contributed by atoms with Gasteiger partial charge in [0.15, 0.2) is 12.1 Å². The van der Waals surface area contributed by atoms with Crippen molar-refractivity contribution >= 4 is 11.7 Å². The van der Waals surface area contributed by atoms with Gasteiger partial charge in [0.2, 0.25) is 0 Å². The van der Waals surface area contributed by atoms with Gasteiger partial charge in [-0.1, -0.05) is 13.8 Å². The zero-order valence-corrected chi connectivity index (χ0v) is 15.9. The number of aromatic nitrogens is 1. The number of ether oxygens (including phenoxy) is 2. The quantitative estimate of drug-likeness (QED) is 0.852. The number of amides is 1. The number of aromatic amines is 1. The predicted octanol–water partition coefficient (Wildman–Crippen LogP) is 1.76. The highest BCUT2D eigenvalue weighted by molar-refractivity contribution is 6.02. The molecular formula is C20H26N2O5. The Hall–Kier alpha value is -1.99. The summed E-state index contributed by atoms with van der Waals surface area (Å²) in [5, 5.41) is 0. The van der Waals surface area contributed by atoms with Crippen LogP contribution in [0.1, 0.15) is 59.5 Å². The molecule has 2 aliphatic heterocycles. The molecule has 0 radical (unpaired) electrons. The minimum atomic E-state index is -0.408. The SMILES string of the molecule is CC1(C)CC(=O)c2cc(C(=O)N3CCC(C4OCCO4)CC3)c(=O)[nH]c2C1. The first-order chi connectivity index (χ1) is 12.8. The van der Waals surface area contributed by atoms with Crippen molar-refractivity contribution < 1.29 is 19.1 Å². The third-order valence-corrected chi connectivity index (χ3v) is 5.81. The minimum Gasteiger partial charge on any atom is -0.350 e. The number of rotatable bonds is 2. The molecule has 0 spiro atoms. The number of piperidine rings is 1. The molecule has 3 aliphatic rings. The van der Waals surface area contributed by atoms with Gasteiger partial charge in [-0.25, -0.2) is 0 Å². The van der Waals surface area contributed by atoms with E-state index in [4.69, 9.17) is 9.47 Å². The predicted molar refractivity (Wildman–Crippen MR) is 97.8 cm³/mol. The third kappa shape index (κ3) is 3.58. The molecule has 27 heavy (non-hydrogen) atoms. The largest absolute Gasteiger partial charge is 0.350 e. The lowest BCUT2D eigenvalue weighted by atomic mass is 9.75. The second-order valence-electron chi connectivity index (χ2n) is 8.58. The zero-order chi connectivity index (χ0) is 19.2. The van der Waals surface area contributed by atoms with Crippen LogP contribution in [-0.4, -0.2) is 54.2 Å². The van der Waals surface area contributed by atoms with Gasteiger partial charge in [0.1, 0.15) is 5.56 Å². The summed E-state index contributed by atoms with van der Waals surface area (Å²) >= 11 is 0. The van der Waals surface area contributed by atoms with E-state index < -0.39 is 5.56 Å². The summed E-state index contributed by atoms with van der Waals surface area (Å²) in [6.07, 6.45) is 2.45. The van der Waals surface area contributed by atoms with Crippen molar-refractivity contribution in [1.82, 2.24) is 9.88 Å². The fraction of sp³-hybridized carbons (Fsp3) is 0.650. The lowest BCUT2D eigenvalue weighted by Gasteiger charge is -2.34. The number of carbonyl (C=O) groups excluding carboxylic acids is 2. The number of nitrogens with one attached hydrogen (secondary N) is 1. The number of ketones is 1. The van der Waals surface area contributed by atoms with Crippen LogP contribution in [0.5, 0.6) is 0 Å². The third-order valence-electron chi connectivity index (χ3n) is 5.81. The van der Waals surface area contributed by atoms with Gasteiger partial charge in [0, 0.05) is 36.7 Å². The minimum absolute atomic E-state index is 0.0132. The number of H-pyrrole nitrogens is 1. The Balaban J connectivity index is 1.50. The number of nitrogens with zero attached hydrogens (tertiary/aromatic N) is 1. The molecule has 1 aromatic rings. The highest BCUT2D eigenvalue weighted by Gasteiger charge is 2.35. The monoisotopic (exact) mass is 374 g/mol. The van der Waals surface area contributed by atoms with Gasteiger partial charge in [-0.05, 0) is 30.7 Å². The molecule has 3 heterocycles. The summed E-state index contributed by atoms with van der Waals surface area (Å²) in [7, 11) is 0. The molecule has 0 unspecified atom stereocenters. The molecule has 1 amide bonds. The maximum absolute atomic E-state index is 12.9. The topological polar surface area (TPSA) is 88.7 Å². The molecule has 2 fully saturated rings. The number of hydrogen-bond acceptors (Lipinski definition) is 5. The second kappa shape index (κ2) is 6.87. The first kappa shape index (κ1) is 18.4. The summed E-state index contributed by atoms with van der Waals surface area (Å²) in [6, 6.07) is 1.50. The fourth-order valence-corrected chi connectivity index (χ4v) is 4.38. The Morgan fingerprint density at radius 3 is 2.48 bits per heavy atom. The van der Waals surface area contributed by atoms with Crippen LogP contribution in [-0.2, 0) is 15.9 Å². The van der Waals surface area contributed by atoms with Crippen molar-refractivity contribution in [3.05, 3.63) is 33.2 Å². The molecule has 1 N–H and O–H groups in total. The van der Waals surface area contributed by atoms with Crippen LogP contribution in [0.25, 0.3) is 0 Å². The van der Waals surface area contributed by atoms with E-state index >= 15 is 0 Å². The lowest BCUT2D eigenvalue weighted by Crippen LogP contribution is -2.43. The van der Waals surface area contributed by atoms with Gasteiger partial charge in [-0.3, -0.25) is 14.4 Å². The van der Waals surface area contributed by atoms with E-state index in [0.717, 1.165) is 12.8 Å². The van der Waals surface area contributed by atoms with Crippen molar-refractivity contribution in [2.24, 2.45) is 11.3 Å². The average Bonchev–Trinajstić information content (AvgIpc) is 3.14. The summed E-state index contributed by atoms with van der Waals surface area (Å²) in [6.45, 7) is 6.38. The molecule has 2 saturated heterocycles. The van der Waals surface area contributed by atoms with Crippen LogP contribution in [0, 0.1) is 11.3 Å². The number of pyridine rings is 1. The maximum atomic E-state index is 12.9. The van der Waals surface area contributed by atoms with E-state index in [0.29, 0.717) is 50.4 Å². The van der Waals surface area contributed by atoms with Crippen LogP contribution in [0.15, 0.2) is 10.9 Å². The first-order valence-corrected chi connectivity index (χ1v) is 9.66. The molecule has 146 valence electrons. The van der Waals surface area contributed by atoms with E-state index in [1.165, 1.54) is 6.07 Å². The molecule has 0 saturated carbocycles. The van der Waals surface area contributed by atoms with Gasteiger partial charge < -0.3 is 19.4 Å². The van der Waals surface area contributed by atoms with Gasteiger partial charge in [-0.2, -0.15) is 0 Å². The zero-order valence-electron chi connectivity index (χ0n) is 15.9. The van der Waals surface area contributed by atoms with Gasteiger partial charge >= 0.3 is 0 Å². The van der Waals surface area contributed by atoms with E-state index in [-0.39, 0.29) is 34.9 Å². The maximum Gasteiger partial charge on any atom is 0.261 e. The normalized spacial score (nSPS) is 23.5. The highest BCUT2D eigenvalue weighted by Crippen LogP contribution is 2.33. The number of carbonyl (C=O) groups is 2. The molecule has 1 aromatic heterocycles. The summed E-state index contributed by atoms with van der Waals surface area (Å²) in [5.41, 5.74) is 0.611. The van der Waals surface area contributed by atoms with E-state index in [1.54, 1.807) is 4.90 Å².